The monoisotopic (exact) mass is 222 g/mol. The topological polar surface area (TPSA) is 88.4 Å². The van der Waals surface area contributed by atoms with Crippen LogP contribution < -0.4 is 26.6 Å². The number of nitrogens with one attached hydrogen (secondary N) is 3. The molecule has 1 aliphatic rings. The second-order valence-corrected chi connectivity index (χ2v) is 3.48. The van der Waals surface area contributed by atoms with Gasteiger partial charge in [-0.1, -0.05) is 6.07 Å². The molecule has 6 heteroatoms. The third-order valence-corrected chi connectivity index (χ3v) is 2.23. The average Bonchev–Trinajstić information content (AvgIpc) is 2.29. The second kappa shape index (κ2) is 4.93. The lowest BCUT2D eigenvalue weighted by atomic mass is 10.1. The van der Waals surface area contributed by atoms with Crippen molar-refractivity contribution in [2.75, 3.05) is 18.6 Å². The second-order valence-electron chi connectivity index (χ2n) is 3.48. The van der Waals surface area contributed by atoms with Gasteiger partial charge >= 0.3 is 0 Å². The quantitative estimate of drug-likeness (QED) is 0.239. The lowest BCUT2D eigenvalue weighted by molar-refractivity contribution is -0.118. The Balaban J connectivity index is 2.06. The number of hydrogen-bond acceptors (Lipinski definition) is 5. The lowest BCUT2D eigenvalue weighted by Crippen LogP contribution is -2.33. The number of carbonyl (C=O) groups is 1. The maximum atomic E-state index is 11.1. The molecule has 16 heavy (non-hydrogen) atoms. The fourth-order valence-corrected chi connectivity index (χ4v) is 1.52. The van der Waals surface area contributed by atoms with Gasteiger partial charge in [0.2, 0.25) is 0 Å². The van der Waals surface area contributed by atoms with Crippen LogP contribution in [0.15, 0.2) is 18.2 Å². The number of anilines is 1. The van der Waals surface area contributed by atoms with Gasteiger partial charge in [-0.05, 0) is 17.7 Å². The Morgan fingerprint density at radius 3 is 3.19 bits per heavy atom. The van der Waals surface area contributed by atoms with Gasteiger partial charge in [0.1, 0.15) is 5.75 Å². The van der Waals surface area contributed by atoms with Crippen molar-refractivity contribution < 1.29 is 9.53 Å². The van der Waals surface area contributed by atoms with Crippen LogP contribution in [-0.2, 0) is 11.3 Å². The largest absolute Gasteiger partial charge is 0.482 e. The number of amides is 1. The summed E-state index contributed by atoms with van der Waals surface area (Å²) in [5.74, 6) is 5.72. The summed E-state index contributed by atoms with van der Waals surface area (Å²) in [7, 11) is 0. The molecule has 0 unspecified atom stereocenters. The normalized spacial score (nSPS) is 13.9. The van der Waals surface area contributed by atoms with Crippen LogP contribution in [0.3, 0.4) is 0 Å². The van der Waals surface area contributed by atoms with Gasteiger partial charge in [-0.3, -0.25) is 16.0 Å². The molecule has 0 aliphatic carbocycles. The van der Waals surface area contributed by atoms with Crippen molar-refractivity contribution in [2.24, 2.45) is 5.84 Å². The molecular formula is C10H14N4O2. The molecule has 0 spiro atoms. The maximum absolute atomic E-state index is 11.1. The number of hydrazine groups is 1. The smallest absolute Gasteiger partial charge is 0.262 e. The van der Waals surface area contributed by atoms with Crippen molar-refractivity contribution in [3.05, 3.63) is 23.8 Å². The molecule has 86 valence electrons. The Hall–Kier alpha value is -1.63. The Kier molecular flexibility index (Phi) is 3.35. The molecule has 0 saturated carbocycles. The molecule has 1 aromatic carbocycles. The minimum atomic E-state index is -0.124. The first-order chi connectivity index (χ1) is 7.79. The first-order valence-corrected chi connectivity index (χ1v) is 4.99. The third kappa shape index (κ3) is 2.48. The summed E-state index contributed by atoms with van der Waals surface area (Å²) < 4.78 is 5.25. The molecule has 1 amide bonds. The minimum absolute atomic E-state index is 0.0850. The number of ether oxygens (including phenoxy) is 1. The summed E-state index contributed by atoms with van der Waals surface area (Å²) in [6.45, 7) is 1.29. The Labute approximate surface area is 93.1 Å². The van der Waals surface area contributed by atoms with Crippen molar-refractivity contribution >= 4 is 11.6 Å². The molecule has 6 nitrogen and oxygen atoms in total. The Bertz CT molecular complexity index is 394. The number of hydrogen-bond donors (Lipinski definition) is 4. The Morgan fingerprint density at radius 2 is 2.38 bits per heavy atom. The summed E-state index contributed by atoms with van der Waals surface area (Å²) >= 11 is 0. The van der Waals surface area contributed by atoms with Crippen LogP contribution in [0.2, 0.25) is 0 Å². The molecule has 0 aromatic heterocycles. The van der Waals surface area contributed by atoms with Gasteiger partial charge < -0.3 is 10.1 Å². The van der Waals surface area contributed by atoms with E-state index in [1.807, 2.05) is 18.2 Å². The number of carbonyl (C=O) groups excluding carboxylic acids is 1. The van der Waals surface area contributed by atoms with Crippen LogP contribution >= 0.6 is 0 Å². The number of nitrogens with two attached hydrogens (primary N) is 1. The maximum Gasteiger partial charge on any atom is 0.262 e. The predicted octanol–water partition coefficient (Wildman–Crippen LogP) is -0.472. The number of rotatable bonds is 4. The highest BCUT2D eigenvalue weighted by atomic mass is 16.5. The zero-order valence-corrected chi connectivity index (χ0v) is 8.75. The van der Waals surface area contributed by atoms with Gasteiger partial charge in [0.05, 0.1) is 12.4 Å². The number of benzene rings is 1. The molecule has 0 bridgehead atoms. The van der Waals surface area contributed by atoms with Gasteiger partial charge in [-0.25, -0.2) is 5.43 Å². The summed E-state index contributed by atoms with van der Waals surface area (Å²) in [5.41, 5.74) is 4.28. The van der Waals surface area contributed by atoms with Crippen LogP contribution in [0.5, 0.6) is 5.75 Å². The molecule has 2 rings (SSSR count). The first-order valence-electron chi connectivity index (χ1n) is 4.99. The zero-order chi connectivity index (χ0) is 11.4. The summed E-state index contributed by atoms with van der Waals surface area (Å²) in [5, 5.41) is 5.84. The van der Waals surface area contributed by atoms with E-state index >= 15 is 0 Å². The molecule has 0 atom stereocenters. The van der Waals surface area contributed by atoms with E-state index in [2.05, 4.69) is 16.1 Å². The molecule has 0 saturated heterocycles. The zero-order valence-electron chi connectivity index (χ0n) is 8.75. The molecule has 5 N–H and O–H groups in total. The summed E-state index contributed by atoms with van der Waals surface area (Å²) in [6.07, 6.45) is 0. The minimum Gasteiger partial charge on any atom is -0.482 e. The Morgan fingerprint density at radius 1 is 1.50 bits per heavy atom. The van der Waals surface area contributed by atoms with E-state index in [9.17, 15) is 4.79 Å². The van der Waals surface area contributed by atoms with Crippen LogP contribution in [0, 0.1) is 0 Å². The van der Waals surface area contributed by atoms with Crippen molar-refractivity contribution in [2.45, 2.75) is 6.54 Å². The van der Waals surface area contributed by atoms with Crippen LogP contribution in [-0.4, -0.2) is 19.2 Å². The van der Waals surface area contributed by atoms with E-state index in [1.54, 1.807) is 0 Å². The third-order valence-electron chi connectivity index (χ3n) is 2.23. The van der Waals surface area contributed by atoms with Crippen LogP contribution in [0.4, 0.5) is 5.69 Å². The van der Waals surface area contributed by atoms with E-state index < -0.39 is 0 Å². The average molecular weight is 222 g/mol. The van der Waals surface area contributed by atoms with E-state index in [0.717, 1.165) is 11.3 Å². The summed E-state index contributed by atoms with van der Waals surface area (Å²) in [6, 6.07) is 5.68. The highest BCUT2D eigenvalue weighted by Gasteiger charge is 2.15. The van der Waals surface area contributed by atoms with Gasteiger partial charge in [-0.15, -0.1) is 0 Å². The van der Waals surface area contributed by atoms with E-state index in [0.29, 0.717) is 19.0 Å². The van der Waals surface area contributed by atoms with Gasteiger partial charge in [0.25, 0.3) is 5.91 Å². The fraction of sp³-hybridized carbons (Fsp3) is 0.300. The lowest BCUT2D eigenvalue weighted by Gasteiger charge is -2.18. The van der Waals surface area contributed by atoms with Crippen molar-refractivity contribution in [3.8, 4) is 5.75 Å². The predicted molar refractivity (Wildman–Crippen MR) is 59.6 cm³/mol. The highest BCUT2D eigenvalue weighted by Crippen LogP contribution is 2.28. The highest BCUT2D eigenvalue weighted by molar-refractivity contribution is 5.95. The van der Waals surface area contributed by atoms with Gasteiger partial charge in [-0.2, -0.15) is 0 Å². The van der Waals surface area contributed by atoms with Gasteiger partial charge in [0.15, 0.2) is 6.61 Å². The van der Waals surface area contributed by atoms with Gasteiger partial charge in [0, 0.05) is 6.54 Å². The summed E-state index contributed by atoms with van der Waals surface area (Å²) in [4.78, 5) is 11.1. The van der Waals surface area contributed by atoms with Crippen molar-refractivity contribution in [3.63, 3.8) is 0 Å². The van der Waals surface area contributed by atoms with E-state index in [4.69, 9.17) is 10.6 Å². The molecule has 0 fully saturated rings. The molecule has 1 aromatic rings. The van der Waals surface area contributed by atoms with Crippen LogP contribution in [0.1, 0.15) is 5.56 Å². The molecule has 1 aliphatic heterocycles. The van der Waals surface area contributed by atoms with E-state index in [1.165, 1.54) is 0 Å². The molecule has 1 heterocycles. The SMILES string of the molecule is NNCNCc1ccc2c(c1)NC(=O)CO2. The standard InChI is InChI=1S/C10H14N4O2/c11-13-6-12-4-7-1-2-9-8(3-7)14-10(15)5-16-9/h1-3,12-13H,4-6,11H2,(H,14,15). The van der Waals surface area contributed by atoms with Crippen LogP contribution in [0.25, 0.3) is 0 Å². The van der Waals surface area contributed by atoms with Crippen molar-refractivity contribution in [1.29, 1.82) is 0 Å². The molecule has 0 radical (unpaired) electrons. The van der Waals surface area contributed by atoms with E-state index in [-0.39, 0.29) is 12.5 Å². The molecular weight excluding hydrogens is 208 g/mol. The fourth-order valence-electron chi connectivity index (χ4n) is 1.52. The number of fused-ring (bicyclic) bond motifs is 1. The first kappa shape index (κ1) is 10.9. The van der Waals surface area contributed by atoms with Crippen molar-refractivity contribution in [1.82, 2.24) is 10.7 Å².